The van der Waals surface area contributed by atoms with Crippen LogP contribution in [-0.4, -0.2) is 25.7 Å². The van der Waals surface area contributed by atoms with Gasteiger partial charge in [-0.05, 0) is 52.4 Å². The highest BCUT2D eigenvalue weighted by molar-refractivity contribution is 6.30. The number of nitrogens with zero attached hydrogens (tertiary/aromatic N) is 4. The number of carbonyl (C=O) groups excluding carboxylic acids is 1. The summed E-state index contributed by atoms with van der Waals surface area (Å²) in [6.07, 6.45) is 0. The highest BCUT2D eigenvalue weighted by Crippen LogP contribution is 2.15. The van der Waals surface area contributed by atoms with Crippen LogP contribution in [0.25, 0.3) is 5.69 Å². The van der Waals surface area contributed by atoms with Gasteiger partial charge in [-0.2, -0.15) is 9.36 Å². The molecule has 0 saturated carbocycles. The van der Waals surface area contributed by atoms with Crippen molar-refractivity contribution >= 4 is 29.1 Å². The summed E-state index contributed by atoms with van der Waals surface area (Å²) in [5.41, 5.74) is 0.445. The van der Waals surface area contributed by atoms with E-state index in [-0.39, 0.29) is 18.1 Å². The Kier molecular flexibility index (Phi) is 5.34. The number of nitrogens with one attached hydrogen (secondary N) is 1. The number of rotatable bonds is 5. The number of carbonyl (C=O) groups is 1. The second kappa shape index (κ2) is 7.67. The Morgan fingerprint density at radius 1 is 1.12 bits per heavy atom. The van der Waals surface area contributed by atoms with Crippen LogP contribution in [-0.2, 0) is 17.9 Å². The van der Waals surface area contributed by atoms with E-state index in [1.165, 1.54) is 12.1 Å². The van der Waals surface area contributed by atoms with Crippen LogP contribution >= 0.6 is 23.2 Å². The van der Waals surface area contributed by atoms with Crippen molar-refractivity contribution in [1.82, 2.24) is 25.1 Å². The van der Waals surface area contributed by atoms with E-state index >= 15 is 0 Å². The zero-order valence-corrected chi connectivity index (χ0v) is 14.7. The van der Waals surface area contributed by atoms with Crippen LogP contribution < -0.4 is 11.0 Å². The molecule has 3 rings (SSSR count). The number of hydrogen-bond donors (Lipinski definition) is 1. The molecule has 0 saturated heterocycles. The predicted molar refractivity (Wildman–Crippen MR) is 93.9 cm³/mol. The standard InChI is InChI=1S/C16H12Cl2FN5O2/c17-11-2-4-12(5-3-11)24-16(26)23(21-22-24)9-15(25)20-8-10-1-6-13(18)14(19)7-10/h1-7H,8-9H2,(H,20,25). The predicted octanol–water partition coefficient (Wildman–Crippen LogP) is 2.19. The lowest BCUT2D eigenvalue weighted by atomic mass is 10.2. The molecule has 26 heavy (non-hydrogen) atoms. The van der Waals surface area contributed by atoms with Gasteiger partial charge in [-0.3, -0.25) is 4.79 Å². The number of hydrogen-bond acceptors (Lipinski definition) is 4. The zero-order chi connectivity index (χ0) is 18.7. The highest BCUT2D eigenvalue weighted by atomic mass is 35.5. The third kappa shape index (κ3) is 4.09. The van der Waals surface area contributed by atoms with Crippen LogP contribution in [0.15, 0.2) is 47.3 Å². The minimum atomic E-state index is -0.569. The molecule has 1 heterocycles. The summed E-state index contributed by atoms with van der Waals surface area (Å²) in [5.74, 6) is -1.04. The minimum absolute atomic E-state index is 0.00504. The maximum atomic E-state index is 13.4. The molecule has 0 aliphatic rings. The number of aromatic nitrogens is 4. The average Bonchev–Trinajstić information content (AvgIpc) is 2.97. The smallest absolute Gasteiger partial charge is 0.350 e. The number of halogens is 3. The molecule has 2 aromatic carbocycles. The molecule has 0 radical (unpaired) electrons. The van der Waals surface area contributed by atoms with E-state index < -0.39 is 17.4 Å². The molecule has 1 aromatic heterocycles. The molecule has 0 spiro atoms. The fourth-order valence-electron chi connectivity index (χ4n) is 2.16. The first-order valence-corrected chi connectivity index (χ1v) is 8.19. The normalized spacial score (nSPS) is 10.7. The highest BCUT2D eigenvalue weighted by Gasteiger charge is 2.12. The van der Waals surface area contributed by atoms with Gasteiger partial charge in [0, 0.05) is 11.6 Å². The van der Waals surface area contributed by atoms with Gasteiger partial charge in [0.1, 0.15) is 12.4 Å². The Hall–Kier alpha value is -2.71. The van der Waals surface area contributed by atoms with Crippen LogP contribution in [0, 0.1) is 5.82 Å². The fourth-order valence-corrected chi connectivity index (χ4v) is 2.40. The monoisotopic (exact) mass is 395 g/mol. The summed E-state index contributed by atoms with van der Waals surface area (Å²) in [7, 11) is 0. The number of tetrazole rings is 1. The minimum Gasteiger partial charge on any atom is -0.350 e. The van der Waals surface area contributed by atoms with Gasteiger partial charge in [0.25, 0.3) is 0 Å². The first kappa shape index (κ1) is 18.1. The van der Waals surface area contributed by atoms with Gasteiger partial charge in [-0.25, -0.2) is 9.18 Å². The van der Waals surface area contributed by atoms with Crippen molar-refractivity contribution in [3.63, 3.8) is 0 Å². The van der Waals surface area contributed by atoms with E-state index in [4.69, 9.17) is 23.2 Å². The average molecular weight is 396 g/mol. The quantitative estimate of drug-likeness (QED) is 0.717. The lowest BCUT2D eigenvalue weighted by molar-refractivity contribution is -0.122. The Morgan fingerprint density at radius 3 is 2.54 bits per heavy atom. The van der Waals surface area contributed by atoms with Crippen molar-refractivity contribution in [1.29, 1.82) is 0 Å². The SMILES string of the molecule is O=C(Cn1nnn(-c2ccc(Cl)cc2)c1=O)NCc1ccc(Cl)c(F)c1. The molecule has 0 aliphatic carbocycles. The van der Waals surface area contributed by atoms with Crippen molar-refractivity contribution in [3.05, 3.63) is 74.4 Å². The van der Waals surface area contributed by atoms with Crippen molar-refractivity contribution in [2.75, 3.05) is 0 Å². The van der Waals surface area contributed by atoms with Gasteiger partial charge >= 0.3 is 5.69 Å². The second-order valence-electron chi connectivity index (χ2n) is 5.33. The van der Waals surface area contributed by atoms with Crippen molar-refractivity contribution in [3.8, 4) is 5.69 Å². The Labute approximate surface area is 156 Å². The van der Waals surface area contributed by atoms with Crippen molar-refractivity contribution in [2.24, 2.45) is 0 Å². The summed E-state index contributed by atoms with van der Waals surface area (Å²) in [4.78, 5) is 24.3. The van der Waals surface area contributed by atoms with Gasteiger partial charge in [0.2, 0.25) is 5.91 Å². The van der Waals surface area contributed by atoms with Gasteiger partial charge in [0.05, 0.1) is 10.7 Å². The van der Waals surface area contributed by atoms with Crippen LogP contribution in [0.1, 0.15) is 5.56 Å². The second-order valence-corrected chi connectivity index (χ2v) is 6.18. The lowest BCUT2D eigenvalue weighted by Gasteiger charge is -2.05. The van der Waals surface area contributed by atoms with Gasteiger partial charge < -0.3 is 5.32 Å². The summed E-state index contributed by atoms with van der Waals surface area (Å²) in [6, 6.07) is 10.7. The van der Waals surface area contributed by atoms with E-state index in [9.17, 15) is 14.0 Å². The van der Waals surface area contributed by atoms with Crippen LogP contribution in [0.3, 0.4) is 0 Å². The molecule has 0 bridgehead atoms. The Bertz CT molecular complexity index is 1000. The van der Waals surface area contributed by atoms with Gasteiger partial charge in [-0.1, -0.05) is 29.3 Å². The molecule has 0 unspecified atom stereocenters. The molecule has 10 heteroatoms. The zero-order valence-electron chi connectivity index (χ0n) is 13.2. The van der Waals surface area contributed by atoms with E-state index in [0.717, 1.165) is 9.36 Å². The third-order valence-corrected chi connectivity index (χ3v) is 4.04. The molecule has 134 valence electrons. The van der Waals surface area contributed by atoms with Crippen LogP contribution in [0.5, 0.6) is 0 Å². The van der Waals surface area contributed by atoms with E-state index in [1.54, 1.807) is 30.3 Å². The topological polar surface area (TPSA) is 81.8 Å². The van der Waals surface area contributed by atoms with Gasteiger partial charge in [0.15, 0.2) is 0 Å². The molecular weight excluding hydrogens is 384 g/mol. The molecule has 1 amide bonds. The summed E-state index contributed by atoms with van der Waals surface area (Å²) >= 11 is 11.4. The van der Waals surface area contributed by atoms with Gasteiger partial charge in [-0.15, -0.1) is 0 Å². The van der Waals surface area contributed by atoms with Crippen molar-refractivity contribution in [2.45, 2.75) is 13.1 Å². The van der Waals surface area contributed by atoms with E-state index in [2.05, 4.69) is 15.7 Å². The fraction of sp³-hybridized carbons (Fsp3) is 0.125. The molecule has 1 N–H and O–H groups in total. The largest absolute Gasteiger partial charge is 0.368 e. The maximum absolute atomic E-state index is 13.4. The summed E-state index contributed by atoms with van der Waals surface area (Å²) in [5, 5.41) is 10.5. The lowest BCUT2D eigenvalue weighted by Crippen LogP contribution is -2.33. The summed E-state index contributed by atoms with van der Waals surface area (Å²) in [6.45, 7) is -0.227. The van der Waals surface area contributed by atoms with Crippen LogP contribution in [0.2, 0.25) is 10.0 Å². The molecule has 7 nitrogen and oxygen atoms in total. The van der Waals surface area contributed by atoms with Crippen LogP contribution in [0.4, 0.5) is 4.39 Å². The molecule has 3 aromatic rings. The van der Waals surface area contributed by atoms with E-state index in [1.807, 2.05) is 0 Å². The number of amides is 1. The van der Waals surface area contributed by atoms with E-state index in [0.29, 0.717) is 16.3 Å². The molecular formula is C16H12Cl2FN5O2. The first-order valence-electron chi connectivity index (χ1n) is 7.43. The first-order chi connectivity index (χ1) is 12.4. The molecule has 0 atom stereocenters. The summed E-state index contributed by atoms with van der Waals surface area (Å²) < 4.78 is 15.3. The molecule has 0 fully saturated rings. The van der Waals surface area contributed by atoms with Crippen molar-refractivity contribution < 1.29 is 9.18 Å². The molecule has 0 aliphatic heterocycles. The Balaban J connectivity index is 1.65. The number of benzene rings is 2. The third-order valence-electron chi connectivity index (χ3n) is 3.48. The Morgan fingerprint density at radius 2 is 1.85 bits per heavy atom. The maximum Gasteiger partial charge on any atom is 0.368 e.